The monoisotopic (exact) mass is 236 g/mol. The summed E-state index contributed by atoms with van der Waals surface area (Å²) in [6, 6.07) is 6.51. The Morgan fingerprint density at radius 3 is 2.24 bits per heavy atom. The predicted octanol–water partition coefficient (Wildman–Crippen LogP) is 1.71. The Balaban J connectivity index is 2.21. The maximum atomic E-state index is 12.2. The number of benzene rings is 1. The molecule has 0 N–H and O–H groups in total. The van der Waals surface area contributed by atoms with E-state index in [1.807, 2.05) is 0 Å². The third-order valence-electron chi connectivity index (χ3n) is 2.69. The van der Waals surface area contributed by atoms with Crippen LogP contribution in [-0.2, 0) is 4.74 Å². The van der Waals surface area contributed by atoms with Crippen molar-refractivity contribution in [1.29, 1.82) is 0 Å². The second-order valence-corrected chi connectivity index (χ2v) is 4.60. The summed E-state index contributed by atoms with van der Waals surface area (Å²) in [5, 5.41) is 0. The molecule has 0 fully saturated rings. The zero-order chi connectivity index (χ0) is 15.1. The van der Waals surface area contributed by atoms with Crippen LogP contribution in [0.5, 0.6) is 0 Å². The maximum Gasteiger partial charge on any atom is 0.261 e. The molecule has 1 aliphatic heterocycles. The Morgan fingerprint density at radius 2 is 1.76 bits per heavy atom. The van der Waals surface area contributed by atoms with Gasteiger partial charge in [0.05, 0.1) is 27.4 Å². The van der Waals surface area contributed by atoms with Crippen LogP contribution in [0.4, 0.5) is 0 Å². The molecule has 1 aromatic carbocycles. The number of imide groups is 1. The van der Waals surface area contributed by atoms with E-state index in [0.717, 1.165) is 4.90 Å². The van der Waals surface area contributed by atoms with Crippen LogP contribution >= 0.6 is 0 Å². The number of ether oxygens (including phenoxy) is 1. The number of rotatable bonds is 3. The molecule has 17 heavy (non-hydrogen) atoms. The van der Waals surface area contributed by atoms with Crippen LogP contribution in [0, 0.1) is 0 Å². The van der Waals surface area contributed by atoms with Crippen molar-refractivity contribution in [2.24, 2.45) is 0 Å². The Bertz CT molecular complexity index is 531. The van der Waals surface area contributed by atoms with Crippen LogP contribution < -0.4 is 0 Å². The predicted molar refractivity (Wildman–Crippen MR) is 62.9 cm³/mol. The molecule has 4 heteroatoms. The molecule has 4 nitrogen and oxygen atoms in total. The fourth-order valence-corrected chi connectivity index (χ4v) is 1.80. The van der Waals surface area contributed by atoms with Crippen molar-refractivity contribution >= 4 is 11.8 Å². The van der Waals surface area contributed by atoms with E-state index in [2.05, 4.69) is 0 Å². The highest BCUT2D eigenvalue weighted by molar-refractivity contribution is 6.21. The lowest BCUT2D eigenvalue weighted by atomic mass is 10.1. The minimum absolute atomic E-state index is 0.113. The van der Waals surface area contributed by atoms with Crippen LogP contribution in [-0.4, -0.2) is 35.9 Å². The van der Waals surface area contributed by atoms with Gasteiger partial charge in [-0.05, 0) is 26.0 Å². The summed E-state index contributed by atoms with van der Waals surface area (Å²) in [4.78, 5) is 25.3. The number of carbonyl (C=O) groups is 2. The summed E-state index contributed by atoms with van der Waals surface area (Å²) in [6.45, 7) is 2.95. The van der Waals surface area contributed by atoms with Crippen LogP contribution in [0.3, 0.4) is 0 Å². The molecule has 0 saturated heterocycles. The molecule has 0 bridgehead atoms. The quantitative estimate of drug-likeness (QED) is 0.750. The van der Waals surface area contributed by atoms with Gasteiger partial charge < -0.3 is 4.74 Å². The number of amides is 2. The lowest BCUT2D eigenvalue weighted by Gasteiger charge is -2.27. The third kappa shape index (κ3) is 1.96. The Morgan fingerprint density at radius 1 is 1.24 bits per heavy atom. The fourth-order valence-electron chi connectivity index (χ4n) is 1.80. The lowest BCUT2D eigenvalue weighted by Crippen LogP contribution is -2.43. The zero-order valence-electron chi connectivity index (χ0n) is 12.7. The topological polar surface area (TPSA) is 46.6 Å². The number of hydrogen-bond donors (Lipinski definition) is 0. The number of fused-ring (bicyclic) bond motifs is 1. The van der Waals surface area contributed by atoms with E-state index in [9.17, 15) is 9.59 Å². The molecule has 0 atom stereocenters. The zero-order valence-corrected chi connectivity index (χ0v) is 9.69. The molecule has 0 spiro atoms. The van der Waals surface area contributed by atoms with Crippen molar-refractivity contribution in [3.63, 3.8) is 0 Å². The minimum Gasteiger partial charge on any atom is -0.377 e. The van der Waals surface area contributed by atoms with Crippen LogP contribution in [0.15, 0.2) is 24.3 Å². The third-order valence-corrected chi connectivity index (χ3v) is 2.69. The van der Waals surface area contributed by atoms with Crippen molar-refractivity contribution in [2.45, 2.75) is 19.4 Å². The van der Waals surface area contributed by atoms with E-state index in [4.69, 9.17) is 8.85 Å². The van der Waals surface area contributed by atoms with E-state index < -0.39 is 24.5 Å². The summed E-state index contributed by atoms with van der Waals surface area (Å²) in [5.41, 5.74) is -0.483. The van der Waals surface area contributed by atoms with Crippen molar-refractivity contribution in [1.82, 2.24) is 4.90 Å². The summed E-state index contributed by atoms with van der Waals surface area (Å²) < 4.78 is 26.3. The first-order valence-electron chi connectivity index (χ1n) is 6.76. The molecule has 1 aromatic rings. The van der Waals surface area contributed by atoms with Gasteiger partial charge in [-0.3, -0.25) is 14.5 Å². The second kappa shape index (κ2) is 3.96. The molecular formula is C13H15NO3. The summed E-state index contributed by atoms with van der Waals surface area (Å²) >= 11 is 0. The van der Waals surface area contributed by atoms with Crippen molar-refractivity contribution in [3.8, 4) is 0 Å². The number of hydrogen-bond acceptors (Lipinski definition) is 3. The van der Waals surface area contributed by atoms with Gasteiger partial charge >= 0.3 is 0 Å². The standard InChI is InChI=1S/C13H15NO3/c1-13(2,17-3)8-14-11(15)9-6-4-5-7-10(9)12(14)16/h4-7H,8H2,1-3H3/i3D3. The van der Waals surface area contributed by atoms with Gasteiger partial charge in [-0.15, -0.1) is 0 Å². The summed E-state index contributed by atoms with van der Waals surface area (Å²) in [6.07, 6.45) is 0. The number of carbonyl (C=O) groups excluding carboxylic acids is 2. The van der Waals surface area contributed by atoms with Gasteiger partial charge in [0.1, 0.15) is 0 Å². The Kier molecular flexibility index (Phi) is 1.96. The minimum atomic E-state index is -2.58. The smallest absolute Gasteiger partial charge is 0.261 e. The highest BCUT2D eigenvalue weighted by atomic mass is 16.5. The largest absolute Gasteiger partial charge is 0.377 e. The molecule has 0 aromatic heterocycles. The van der Waals surface area contributed by atoms with Crippen molar-refractivity contribution < 1.29 is 18.4 Å². The maximum absolute atomic E-state index is 12.2. The van der Waals surface area contributed by atoms with Crippen LogP contribution in [0.2, 0.25) is 0 Å². The fraction of sp³-hybridized carbons (Fsp3) is 0.385. The summed E-state index contributed by atoms with van der Waals surface area (Å²) in [7, 11) is -2.58. The van der Waals surface area contributed by atoms with E-state index in [-0.39, 0.29) is 6.54 Å². The average Bonchev–Trinajstić information content (AvgIpc) is 2.52. The molecule has 0 unspecified atom stereocenters. The summed E-state index contributed by atoms with van der Waals surface area (Å²) in [5.74, 6) is -0.847. The van der Waals surface area contributed by atoms with Gasteiger partial charge in [-0.1, -0.05) is 12.1 Å². The lowest BCUT2D eigenvalue weighted by molar-refractivity contribution is -0.00155. The van der Waals surface area contributed by atoms with E-state index in [1.54, 1.807) is 24.3 Å². The first kappa shape index (κ1) is 8.42. The average molecular weight is 236 g/mol. The van der Waals surface area contributed by atoms with Crippen LogP contribution in [0.25, 0.3) is 0 Å². The molecule has 0 aliphatic carbocycles. The molecule has 2 amide bonds. The van der Waals surface area contributed by atoms with Gasteiger partial charge in [-0.25, -0.2) is 0 Å². The van der Waals surface area contributed by atoms with Crippen molar-refractivity contribution in [3.05, 3.63) is 35.4 Å². The molecule has 1 aliphatic rings. The molecule has 0 saturated carbocycles. The highest BCUT2D eigenvalue weighted by Gasteiger charge is 2.38. The van der Waals surface area contributed by atoms with E-state index in [0.29, 0.717) is 11.1 Å². The van der Waals surface area contributed by atoms with Crippen LogP contribution in [0.1, 0.15) is 38.7 Å². The van der Waals surface area contributed by atoms with E-state index >= 15 is 0 Å². The first-order valence-corrected chi connectivity index (χ1v) is 5.26. The molecule has 90 valence electrons. The van der Waals surface area contributed by atoms with Gasteiger partial charge in [0.2, 0.25) is 0 Å². The normalized spacial score (nSPS) is 18.7. The SMILES string of the molecule is [2H]C([2H])([2H])OC(C)(C)CN1C(=O)c2ccccc2C1=O. The molecule has 2 rings (SSSR count). The number of nitrogens with zero attached hydrogens (tertiary/aromatic N) is 1. The van der Waals surface area contributed by atoms with Gasteiger partial charge in [0.15, 0.2) is 0 Å². The second-order valence-electron chi connectivity index (χ2n) is 4.60. The molecule has 0 radical (unpaired) electrons. The Hall–Kier alpha value is -1.68. The van der Waals surface area contributed by atoms with E-state index in [1.165, 1.54) is 13.8 Å². The van der Waals surface area contributed by atoms with Crippen molar-refractivity contribution in [2.75, 3.05) is 13.6 Å². The molecule has 1 heterocycles. The first-order chi connectivity index (χ1) is 9.11. The highest BCUT2D eigenvalue weighted by Crippen LogP contribution is 2.24. The Labute approximate surface area is 104 Å². The van der Waals surface area contributed by atoms with Gasteiger partial charge in [-0.2, -0.15) is 0 Å². The van der Waals surface area contributed by atoms with Gasteiger partial charge in [0.25, 0.3) is 11.8 Å². The van der Waals surface area contributed by atoms with Gasteiger partial charge in [0, 0.05) is 7.04 Å². The molecular weight excluding hydrogens is 218 g/mol. The number of methoxy groups -OCH3 is 1.